The van der Waals surface area contributed by atoms with Gasteiger partial charge in [0.25, 0.3) is 0 Å². The molecule has 0 radical (unpaired) electrons. The molecule has 15 heavy (non-hydrogen) atoms. The molecule has 0 aromatic heterocycles. The van der Waals surface area contributed by atoms with Crippen LogP contribution in [-0.2, 0) is 0 Å². The molecule has 0 heterocycles. The fourth-order valence-electron chi connectivity index (χ4n) is 3.73. The molecule has 2 N–H and O–H groups in total. The van der Waals surface area contributed by atoms with Gasteiger partial charge in [-0.25, -0.2) is 0 Å². The average Bonchev–Trinajstić information content (AvgIpc) is 2.78. The van der Waals surface area contributed by atoms with E-state index in [0.29, 0.717) is 6.04 Å². The fraction of sp³-hybridized carbons (Fsp3) is 1.00. The zero-order valence-corrected chi connectivity index (χ0v) is 10.1. The van der Waals surface area contributed by atoms with Gasteiger partial charge in [-0.2, -0.15) is 0 Å². The first-order valence-electron chi connectivity index (χ1n) is 6.56. The highest BCUT2D eigenvalue weighted by atomic mass is 16.3. The van der Waals surface area contributed by atoms with E-state index in [0.717, 1.165) is 17.8 Å². The minimum atomic E-state index is 0.249. The van der Waals surface area contributed by atoms with E-state index in [4.69, 9.17) is 5.11 Å². The normalized spacial score (nSPS) is 38.2. The van der Waals surface area contributed by atoms with Crippen molar-refractivity contribution in [2.24, 2.45) is 17.8 Å². The molecule has 0 aromatic rings. The van der Waals surface area contributed by atoms with Crippen molar-refractivity contribution < 1.29 is 5.11 Å². The molecule has 0 saturated heterocycles. The minimum Gasteiger partial charge on any atom is -0.395 e. The fourth-order valence-corrected chi connectivity index (χ4v) is 3.73. The molecule has 2 fully saturated rings. The Hall–Kier alpha value is -0.0800. The van der Waals surface area contributed by atoms with Gasteiger partial charge in [0, 0.05) is 12.1 Å². The van der Waals surface area contributed by atoms with Crippen LogP contribution < -0.4 is 5.32 Å². The molecule has 0 spiro atoms. The molecule has 2 heteroatoms. The number of rotatable bonds is 5. The van der Waals surface area contributed by atoms with Gasteiger partial charge in [0.2, 0.25) is 0 Å². The molecule has 2 aliphatic carbocycles. The molecule has 0 aromatic carbocycles. The standard InChI is InChI=1S/C13H25NO/c1-9(14-10(2)8-15)5-13-7-11-3-4-12(13)6-11/h9-15H,3-8H2,1-2H3/t9-,10-,11+,12+,13+/m1/s1. The predicted molar refractivity (Wildman–Crippen MR) is 62.7 cm³/mol. The van der Waals surface area contributed by atoms with Crippen molar-refractivity contribution in [3.05, 3.63) is 0 Å². The zero-order chi connectivity index (χ0) is 10.8. The lowest BCUT2D eigenvalue weighted by Gasteiger charge is -2.26. The smallest absolute Gasteiger partial charge is 0.0582 e. The quantitative estimate of drug-likeness (QED) is 0.730. The van der Waals surface area contributed by atoms with Crippen LogP contribution in [0.2, 0.25) is 0 Å². The van der Waals surface area contributed by atoms with Gasteiger partial charge in [-0.05, 0) is 57.3 Å². The van der Waals surface area contributed by atoms with Crippen LogP contribution in [0, 0.1) is 17.8 Å². The van der Waals surface area contributed by atoms with E-state index < -0.39 is 0 Å². The van der Waals surface area contributed by atoms with Gasteiger partial charge in [-0.3, -0.25) is 0 Å². The highest BCUT2D eigenvalue weighted by Gasteiger charge is 2.39. The highest BCUT2D eigenvalue weighted by molar-refractivity contribution is 4.91. The predicted octanol–water partition coefficient (Wildman–Crippen LogP) is 2.17. The number of aliphatic hydroxyl groups excluding tert-OH is 1. The minimum absolute atomic E-state index is 0.249. The first kappa shape index (κ1) is 11.4. The van der Waals surface area contributed by atoms with E-state index in [-0.39, 0.29) is 12.6 Å². The van der Waals surface area contributed by atoms with Crippen LogP contribution in [0.1, 0.15) is 46.0 Å². The number of fused-ring (bicyclic) bond motifs is 2. The SMILES string of the molecule is C[C@H](CO)N[C@H](C)C[C@H]1C[C@H]2CC[C@H]1C2. The number of nitrogens with one attached hydrogen (secondary N) is 1. The van der Waals surface area contributed by atoms with E-state index >= 15 is 0 Å². The Morgan fingerprint density at radius 1 is 1.20 bits per heavy atom. The van der Waals surface area contributed by atoms with Gasteiger partial charge < -0.3 is 10.4 Å². The molecule has 0 unspecified atom stereocenters. The first-order chi connectivity index (χ1) is 7.19. The summed E-state index contributed by atoms with van der Waals surface area (Å²) < 4.78 is 0. The monoisotopic (exact) mass is 211 g/mol. The summed E-state index contributed by atoms with van der Waals surface area (Å²) in [5.41, 5.74) is 0. The molecule has 2 aliphatic rings. The second-order valence-electron chi connectivity index (χ2n) is 5.82. The summed E-state index contributed by atoms with van der Waals surface area (Å²) in [6.07, 6.45) is 7.27. The van der Waals surface area contributed by atoms with E-state index in [1.807, 2.05) is 0 Å². The van der Waals surface area contributed by atoms with E-state index in [9.17, 15) is 0 Å². The Bertz CT molecular complexity index is 207. The third-order valence-corrected chi connectivity index (χ3v) is 4.38. The number of aliphatic hydroxyl groups is 1. The van der Waals surface area contributed by atoms with Gasteiger partial charge >= 0.3 is 0 Å². The van der Waals surface area contributed by atoms with Crippen LogP contribution in [0.5, 0.6) is 0 Å². The third kappa shape index (κ3) is 2.73. The molecule has 0 amide bonds. The number of hydrogen-bond acceptors (Lipinski definition) is 2. The summed E-state index contributed by atoms with van der Waals surface area (Å²) in [4.78, 5) is 0. The van der Waals surface area contributed by atoms with Crippen LogP contribution in [-0.4, -0.2) is 23.8 Å². The topological polar surface area (TPSA) is 32.3 Å². The average molecular weight is 211 g/mol. The lowest BCUT2D eigenvalue weighted by Crippen LogP contribution is -2.38. The van der Waals surface area contributed by atoms with Crippen LogP contribution in [0.4, 0.5) is 0 Å². The molecular formula is C13H25NO. The molecule has 88 valence electrons. The summed E-state index contributed by atoms with van der Waals surface area (Å²) in [6.45, 7) is 4.57. The summed E-state index contributed by atoms with van der Waals surface area (Å²) >= 11 is 0. The lowest BCUT2D eigenvalue weighted by molar-refractivity contribution is 0.224. The van der Waals surface area contributed by atoms with Gasteiger partial charge in [0.05, 0.1) is 6.61 Å². The highest BCUT2D eigenvalue weighted by Crippen LogP contribution is 2.49. The largest absolute Gasteiger partial charge is 0.395 e. The van der Waals surface area contributed by atoms with E-state index in [1.165, 1.54) is 32.1 Å². The molecule has 5 atom stereocenters. The van der Waals surface area contributed by atoms with Crippen molar-refractivity contribution in [2.75, 3.05) is 6.61 Å². The maximum absolute atomic E-state index is 8.99. The molecule has 2 rings (SSSR count). The molecule has 2 nitrogen and oxygen atoms in total. The first-order valence-corrected chi connectivity index (χ1v) is 6.56. The Labute approximate surface area is 93.5 Å². The third-order valence-electron chi connectivity index (χ3n) is 4.38. The second-order valence-corrected chi connectivity index (χ2v) is 5.82. The molecular weight excluding hydrogens is 186 g/mol. The van der Waals surface area contributed by atoms with Crippen LogP contribution >= 0.6 is 0 Å². The van der Waals surface area contributed by atoms with Gasteiger partial charge in [-0.1, -0.05) is 6.42 Å². The van der Waals surface area contributed by atoms with E-state index in [2.05, 4.69) is 19.2 Å². The van der Waals surface area contributed by atoms with Crippen molar-refractivity contribution in [3.8, 4) is 0 Å². The van der Waals surface area contributed by atoms with Crippen LogP contribution in [0.25, 0.3) is 0 Å². The summed E-state index contributed by atoms with van der Waals surface area (Å²) in [5, 5.41) is 12.5. The molecule has 0 aliphatic heterocycles. The summed E-state index contributed by atoms with van der Waals surface area (Å²) in [5.74, 6) is 3.06. The second kappa shape index (κ2) is 4.84. The van der Waals surface area contributed by atoms with Crippen molar-refractivity contribution in [2.45, 2.75) is 58.0 Å². The maximum atomic E-state index is 8.99. The lowest BCUT2D eigenvalue weighted by atomic mass is 9.84. The maximum Gasteiger partial charge on any atom is 0.0582 e. The van der Waals surface area contributed by atoms with Crippen molar-refractivity contribution in [3.63, 3.8) is 0 Å². The van der Waals surface area contributed by atoms with Crippen molar-refractivity contribution in [1.82, 2.24) is 5.32 Å². The van der Waals surface area contributed by atoms with Crippen molar-refractivity contribution >= 4 is 0 Å². The van der Waals surface area contributed by atoms with Crippen molar-refractivity contribution in [1.29, 1.82) is 0 Å². The van der Waals surface area contributed by atoms with Gasteiger partial charge in [-0.15, -0.1) is 0 Å². The Kier molecular flexibility index (Phi) is 3.68. The van der Waals surface area contributed by atoms with Crippen LogP contribution in [0.15, 0.2) is 0 Å². The molecule has 2 bridgehead atoms. The van der Waals surface area contributed by atoms with Gasteiger partial charge in [0.15, 0.2) is 0 Å². The van der Waals surface area contributed by atoms with Gasteiger partial charge in [0.1, 0.15) is 0 Å². The summed E-state index contributed by atoms with van der Waals surface area (Å²) in [7, 11) is 0. The van der Waals surface area contributed by atoms with E-state index in [1.54, 1.807) is 0 Å². The Balaban J connectivity index is 1.72. The summed E-state index contributed by atoms with van der Waals surface area (Å²) in [6, 6.07) is 0.815. The Morgan fingerprint density at radius 3 is 2.53 bits per heavy atom. The zero-order valence-electron chi connectivity index (χ0n) is 10.1. The Morgan fingerprint density at radius 2 is 2.00 bits per heavy atom. The number of hydrogen-bond donors (Lipinski definition) is 2. The molecule has 2 saturated carbocycles. The van der Waals surface area contributed by atoms with Crippen LogP contribution in [0.3, 0.4) is 0 Å².